The number of hydrogen-bond acceptors (Lipinski definition) is 2. The second-order valence-corrected chi connectivity index (χ2v) is 2.14. The molecule has 0 aromatic rings. The number of methoxy groups -OCH3 is 1. The van der Waals surface area contributed by atoms with Gasteiger partial charge in [-0.05, 0) is 6.42 Å². The van der Waals surface area contributed by atoms with E-state index in [1.165, 1.54) is 7.11 Å². The minimum Gasteiger partial charge on any atom is -0.468 e. The molecule has 0 N–H and O–H groups in total. The molecular weight excluding hydrogens is 128 g/mol. The van der Waals surface area contributed by atoms with E-state index in [4.69, 9.17) is 0 Å². The molecule has 1 aliphatic rings. The molecule has 0 saturated heterocycles. The number of esters is 1. The van der Waals surface area contributed by atoms with Gasteiger partial charge in [-0.25, -0.2) is 0 Å². The summed E-state index contributed by atoms with van der Waals surface area (Å²) in [6.07, 6.45) is 8.55. The van der Waals surface area contributed by atoms with Crippen molar-refractivity contribution in [1.29, 1.82) is 0 Å². The quantitative estimate of drug-likeness (QED) is 0.403. The van der Waals surface area contributed by atoms with Crippen LogP contribution in [0.4, 0.5) is 0 Å². The first-order chi connectivity index (χ1) is 4.84. The van der Waals surface area contributed by atoms with Crippen LogP contribution in [0.5, 0.6) is 0 Å². The number of hydrogen-bond donors (Lipinski definition) is 0. The summed E-state index contributed by atoms with van der Waals surface area (Å²) in [4.78, 5) is 10.8. The fourth-order valence-corrected chi connectivity index (χ4v) is 0.886. The molecule has 2 nitrogen and oxygen atoms in total. The van der Waals surface area contributed by atoms with Gasteiger partial charge in [0.25, 0.3) is 0 Å². The van der Waals surface area contributed by atoms with Crippen molar-refractivity contribution in [2.75, 3.05) is 7.11 Å². The predicted molar refractivity (Wildman–Crippen MR) is 38.4 cm³/mol. The second-order valence-electron chi connectivity index (χ2n) is 2.14. The van der Waals surface area contributed by atoms with Crippen molar-refractivity contribution in [3.05, 3.63) is 24.3 Å². The van der Waals surface area contributed by atoms with Crippen LogP contribution in [0.15, 0.2) is 24.3 Å². The van der Waals surface area contributed by atoms with Gasteiger partial charge in [-0.2, -0.15) is 0 Å². The summed E-state index contributed by atoms with van der Waals surface area (Å²) < 4.78 is 4.55. The lowest BCUT2D eigenvalue weighted by Crippen LogP contribution is -2.12. The van der Waals surface area contributed by atoms with Crippen LogP contribution < -0.4 is 0 Å². The van der Waals surface area contributed by atoms with E-state index in [1.807, 2.05) is 24.3 Å². The summed E-state index contributed by atoms with van der Waals surface area (Å²) in [5, 5.41) is 0. The Bertz CT molecular complexity index is 168. The van der Waals surface area contributed by atoms with Crippen LogP contribution in [0.2, 0.25) is 0 Å². The van der Waals surface area contributed by atoms with Gasteiger partial charge < -0.3 is 4.74 Å². The molecule has 0 saturated carbocycles. The molecule has 1 rings (SSSR count). The Morgan fingerprint density at radius 3 is 2.60 bits per heavy atom. The van der Waals surface area contributed by atoms with Gasteiger partial charge in [-0.1, -0.05) is 24.3 Å². The molecule has 1 aliphatic carbocycles. The minimum atomic E-state index is -0.188. The number of ether oxygens (including phenoxy) is 1. The van der Waals surface area contributed by atoms with Gasteiger partial charge in [0.2, 0.25) is 0 Å². The summed E-state index contributed by atoms with van der Waals surface area (Å²) in [6.45, 7) is 0. The van der Waals surface area contributed by atoms with E-state index < -0.39 is 0 Å². The minimum absolute atomic E-state index is 0.154. The molecule has 54 valence electrons. The first-order valence-corrected chi connectivity index (χ1v) is 3.26. The Morgan fingerprint density at radius 2 is 2.10 bits per heavy atom. The van der Waals surface area contributed by atoms with Gasteiger partial charge in [-0.3, -0.25) is 4.79 Å². The molecular formula is C8H10O2. The second kappa shape index (κ2) is 3.20. The highest BCUT2D eigenvalue weighted by Crippen LogP contribution is 2.09. The van der Waals surface area contributed by atoms with E-state index in [0.29, 0.717) is 0 Å². The zero-order valence-electron chi connectivity index (χ0n) is 5.91. The Morgan fingerprint density at radius 1 is 1.50 bits per heavy atom. The van der Waals surface area contributed by atoms with Gasteiger partial charge in [0.15, 0.2) is 0 Å². The molecule has 0 radical (unpaired) electrons. The standard InChI is InChI=1S/C8H10O2/c1-10-8(9)7-5-3-2-4-6-7/h3-7H,2H2,1H3. The van der Waals surface area contributed by atoms with Crippen molar-refractivity contribution < 1.29 is 9.53 Å². The number of allylic oxidation sites excluding steroid dienone is 2. The van der Waals surface area contributed by atoms with Crippen molar-refractivity contribution >= 4 is 5.97 Å². The SMILES string of the molecule is COC(=O)C1C=CCC=C1. The van der Waals surface area contributed by atoms with Crippen LogP contribution in [0, 0.1) is 5.92 Å². The van der Waals surface area contributed by atoms with Crippen LogP contribution in [0.1, 0.15) is 6.42 Å². The zero-order chi connectivity index (χ0) is 7.40. The summed E-state index contributed by atoms with van der Waals surface area (Å²) in [5.74, 6) is -0.342. The van der Waals surface area contributed by atoms with Crippen molar-refractivity contribution in [3.63, 3.8) is 0 Å². The van der Waals surface area contributed by atoms with Crippen molar-refractivity contribution in [2.45, 2.75) is 6.42 Å². The molecule has 0 fully saturated rings. The number of rotatable bonds is 1. The number of carbonyl (C=O) groups is 1. The van der Waals surface area contributed by atoms with Crippen LogP contribution in [0.25, 0.3) is 0 Å². The summed E-state index contributed by atoms with van der Waals surface area (Å²) in [7, 11) is 1.40. The van der Waals surface area contributed by atoms with Gasteiger partial charge in [-0.15, -0.1) is 0 Å². The molecule has 0 bridgehead atoms. The molecule has 0 amide bonds. The molecule has 0 aromatic heterocycles. The lowest BCUT2D eigenvalue weighted by Gasteiger charge is -2.06. The molecule has 0 heterocycles. The van der Waals surface area contributed by atoms with E-state index in [1.54, 1.807) is 0 Å². The monoisotopic (exact) mass is 138 g/mol. The number of carbonyl (C=O) groups excluding carboxylic acids is 1. The van der Waals surface area contributed by atoms with Crippen molar-refractivity contribution in [3.8, 4) is 0 Å². The highest BCUT2D eigenvalue weighted by molar-refractivity contribution is 5.76. The van der Waals surface area contributed by atoms with Crippen molar-refractivity contribution in [2.24, 2.45) is 5.92 Å². The smallest absolute Gasteiger partial charge is 0.316 e. The molecule has 0 spiro atoms. The van der Waals surface area contributed by atoms with Crippen LogP contribution in [0.3, 0.4) is 0 Å². The Labute approximate surface area is 60.2 Å². The third-order valence-electron chi connectivity index (χ3n) is 1.43. The Hall–Kier alpha value is -1.05. The van der Waals surface area contributed by atoms with E-state index in [-0.39, 0.29) is 11.9 Å². The normalized spacial score (nSPS) is 17.3. The lowest BCUT2D eigenvalue weighted by atomic mass is 10.0. The fraction of sp³-hybridized carbons (Fsp3) is 0.375. The molecule has 10 heavy (non-hydrogen) atoms. The van der Waals surface area contributed by atoms with Gasteiger partial charge in [0.05, 0.1) is 13.0 Å². The van der Waals surface area contributed by atoms with Gasteiger partial charge in [0, 0.05) is 0 Å². The van der Waals surface area contributed by atoms with Gasteiger partial charge >= 0.3 is 5.97 Å². The maximum Gasteiger partial charge on any atom is 0.316 e. The highest BCUT2D eigenvalue weighted by Gasteiger charge is 2.12. The largest absolute Gasteiger partial charge is 0.468 e. The lowest BCUT2D eigenvalue weighted by molar-refractivity contribution is -0.142. The molecule has 2 heteroatoms. The van der Waals surface area contributed by atoms with E-state index >= 15 is 0 Å². The first kappa shape index (κ1) is 7.06. The fourth-order valence-electron chi connectivity index (χ4n) is 0.886. The maximum absolute atomic E-state index is 10.8. The van der Waals surface area contributed by atoms with Crippen molar-refractivity contribution in [1.82, 2.24) is 0 Å². The average Bonchev–Trinajstić information content (AvgIpc) is 2.05. The third-order valence-corrected chi connectivity index (χ3v) is 1.43. The van der Waals surface area contributed by atoms with Gasteiger partial charge in [0.1, 0.15) is 0 Å². The summed E-state index contributed by atoms with van der Waals surface area (Å²) >= 11 is 0. The zero-order valence-corrected chi connectivity index (χ0v) is 5.91. The van der Waals surface area contributed by atoms with Crippen LogP contribution in [-0.2, 0) is 9.53 Å². The predicted octanol–water partition coefficient (Wildman–Crippen LogP) is 1.29. The third kappa shape index (κ3) is 1.47. The van der Waals surface area contributed by atoms with E-state index in [9.17, 15) is 4.79 Å². The Kier molecular flexibility index (Phi) is 2.26. The topological polar surface area (TPSA) is 26.3 Å². The molecule has 0 aliphatic heterocycles. The Balaban J connectivity index is 2.55. The summed E-state index contributed by atoms with van der Waals surface area (Å²) in [5.41, 5.74) is 0. The highest BCUT2D eigenvalue weighted by atomic mass is 16.5. The molecule has 0 aromatic carbocycles. The average molecular weight is 138 g/mol. The van der Waals surface area contributed by atoms with Crippen LogP contribution >= 0.6 is 0 Å². The van der Waals surface area contributed by atoms with E-state index in [2.05, 4.69) is 4.74 Å². The molecule has 0 atom stereocenters. The van der Waals surface area contributed by atoms with E-state index in [0.717, 1.165) is 6.42 Å². The first-order valence-electron chi connectivity index (χ1n) is 3.26. The molecule has 0 unspecified atom stereocenters. The maximum atomic E-state index is 10.8. The summed E-state index contributed by atoms with van der Waals surface area (Å²) in [6, 6.07) is 0. The van der Waals surface area contributed by atoms with Crippen LogP contribution in [-0.4, -0.2) is 13.1 Å².